The number of fused-ring (bicyclic) bond motifs is 1. The van der Waals surface area contributed by atoms with E-state index in [1.807, 2.05) is 23.1 Å². The minimum atomic E-state index is -0.128. The molecule has 3 heterocycles. The van der Waals surface area contributed by atoms with Gasteiger partial charge < -0.3 is 19.9 Å². The Labute approximate surface area is 166 Å². The normalized spacial score (nSPS) is 21.3. The number of amides is 1. The topological polar surface area (TPSA) is 75.7 Å². The number of likely N-dealkylation sites (tertiary alicyclic amines) is 1. The Balaban J connectivity index is 1.36. The average molecular weight is 386 g/mol. The standard InChI is InChI=1S/C21H31N5O2/c1-15(25-11-9-24(2)10-12-25)16-5-7-26(8-6-16)21(28)17-3-4-18-19(13-17)23-20(14-27)22-18/h3-4,13,15-16,27H,5-12,14H2,1-2H3,(H,22,23). The molecule has 0 bridgehead atoms. The summed E-state index contributed by atoms with van der Waals surface area (Å²) in [6.45, 7) is 8.48. The van der Waals surface area contributed by atoms with Gasteiger partial charge in [0.15, 0.2) is 0 Å². The zero-order chi connectivity index (χ0) is 19.7. The maximum Gasteiger partial charge on any atom is 0.253 e. The number of nitrogens with one attached hydrogen (secondary N) is 1. The molecule has 0 spiro atoms. The summed E-state index contributed by atoms with van der Waals surface area (Å²) in [4.78, 5) is 27.3. The number of H-pyrrole nitrogens is 1. The van der Waals surface area contributed by atoms with Crippen molar-refractivity contribution in [2.24, 2.45) is 5.92 Å². The molecule has 2 N–H and O–H groups in total. The van der Waals surface area contributed by atoms with Gasteiger partial charge in [0.2, 0.25) is 0 Å². The third-order valence-electron chi connectivity index (χ3n) is 6.55. The number of aliphatic hydroxyl groups is 1. The van der Waals surface area contributed by atoms with Crippen LogP contribution in [-0.4, -0.2) is 88.0 Å². The van der Waals surface area contributed by atoms with Gasteiger partial charge in [0.25, 0.3) is 5.91 Å². The first kappa shape index (κ1) is 19.4. The molecule has 1 amide bonds. The fourth-order valence-corrected chi connectivity index (χ4v) is 4.57. The summed E-state index contributed by atoms with van der Waals surface area (Å²) in [6.07, 6.45) is 2.14. The molecule has 0 saturated carbocycles. The van der Waals surface area contributed by atoms with Gasteiger partial charge in [-0.1, -0.05) is 0 Å². The van der Waals surface area contributed by atoms with Crippen molar-refractivity contribution >= 4 is 16.9 Å². The van der Waals surface area contributed by atoms with Crippen LogP contribution in [-0.2, 0) is 6.61 Å². The predicted octanol–water partition coefficient (Wildman–Crippen LogP) is 1.54. The van der Waals surface area contributed by atoms with Crippen molar-refractivity contribution in [3.63, 3.8) is 0 Å². The molecule has 1 aromatic heterocycles. The first-order valence-corrected chi connectivity index (χ1v) is 10.4. The molecule has 1 aromatic carbocycles. The van der Waals surface area contributed by atoms with Crippen LogP contribution in [0.1, 0.15) is 35.9 Å². The Hall–Kier alpha value is -1.96. The monoisotopic (exact) mass is 385 g/mol. The molecule has 2 aromatic rings. The van der Waals surface area contributed by atoms with Gasteiger partial charge in [-0.25, -0.2) is 4.98 Å². The maximum atomic E-state index is 13.0. The number of nitrogens with zero attached hydrogens (tertiary/aromatic N) is 4. The summed E-state index contributed by atoms with van der Waals surface area (Å²) < 4.78 is 0. The molecule has 0 aliphatic carbocycles. The minimum absolute atomic E-state index is 0.0905. The Kier molecular flexibility index (Phi) is 5.66. The van der Waals surface area contributed by atoms with Crippen LogP contribution >= 0.6 is 0 Å². The lowest BCUT2D eigenvalue weighted by atomic mass is 9.88. The van der Waals surface area contributed by atoms with Crippen molar-refractivity contribution < 1.29 is 9.90 Å². The molecule has 1 atom stereocenters. The molecule has 2 saturated heterocycles. The van der Waals surface area contributed by atoms with E-state index in [0.29, 0.717) is 23.3 Å². The number of piperazine rings is 1. The molecule has 1 unspecified atom stereocenters. The van der Waals surface area contributed by atoms with Gasteiger partial charge >= 0.3 is 0 Å². The molecule has 2 aliphatic heterocycles. The number of piperidine rings is 1. The summed E-state index contributed by atoms with van der Waals surface area (Å²) in [7, 11) is 2.19. The summed E-state index contributed by atoms with van der Waals surface area (Å²) in [6, 6.07) is 6.12. The third kappa shape index (κ3) is 3.92. The Morgan fingerprint density at radius 2 is 1.93 bits per heavy atom. The van der Waals surface area contributed by atoms with Crippen molar-refractivity contribution in [1.29, 1.82) is 0 Å². The van der Waals surface area contributed by atoms with E-state index in [1.54, 1.807) is 0 Å². The number of likely N-dealkylation sites (N-methyl/N-ethyl adjacent to an activating group) is 1. The molecular formula is C21H31N5O2. The number of carbonyl (C=O) groups is 1. The van der Waals surface area contributed by atoms with Crippen molar-refractivity contribution in [3.05, 3.63) is 29.6 Å². The summed E-state index contributed by atoms with van der Waals surface area (Å²) >= 11 is 0. The van der Waals surface area contributed by atoms with Crippen molar-refractivity contribution in [2.75, 3.05) is 46.3 Å². The molecule has 7 nitrogen and oxygen atoms in total. The molecule has 28 heavy (non-hydrogen) atoms. The number of aromatic nitrogens is 2. The van der Waals surface area contributed by atoms with Crippen LogP contribution in [0.15, 0.2) is 18.2 Å². The lowest BCUT2D eigenvalue weighted by Crippen LogP contribution is -2.52. The number of hydrogen-bond donors (Lipinski definition) is 2. The zero-order valence-corrected chi connectivity index (χ0v) is 16.9. The quantitative estimate of drug-likeness (QED) is 0.835. The number of aliphatic hydroxyl groups excluding tert-OH is 1. The largest absolute Gasteiger partial charge is 0.388 e. The van der Waals surface area contributed by atoms with Gasteiger partial charge in [-0.2, -0.15) is 0 Å². The number of aromatic amines is 1. The fourth-order valence-electron chi connectivity index (χ4n) is 4.57. The summed E-state index contributed by atoms with van der Waals surface area (Å²) in [5.74, 6) is 1.28. The van der Waals surface area contributed by atoms with Crippen LogP contribution in [0, 0.1) is 5.92 Å². The number of hydrogen-bond acceptors (Lipinski definition) is 5. The van der Waals surface area contributed by atoms with Crippen LogP contribution in [0.4, 0.5) is 0 Å². The molecular weight excluding hydrogens is 354 g/mol. The number of rotatable bonds is 4. The van der Waals surface area contributed by atoms with Crippen molar-refractivity contribution in [3.8, 4) is 0 Å². The van der Waals surface area contributed by atoms with Crippen molar-refractivity contribution in [2.45, 2.75) is 32.4 Å². The predicted molar refractivity (Wildman–Crippen MR) is 109 cm³/mol. The van der Waals surface area contributed by atoms with Gasteiger partial charge in [0.1, 0.15) is 12.4 Å². The first-order valence-electron chi connectivity index (χ1n) is 10.4. The second-order valence-electron chi connectivity index (χ2n) is 8.28. The summed E-state index contributed by atoms with van der Waals surface area (Å²) in [5.41, 5.74) is 2.26. The van der Waals surface area contributed by atoms with Crippen LogP contribution in [0.25, 0.3) is 11.0 Å². The van der Waals surface area contributed by atoms with Gasteiger partial charge in [0.05, 0.1) is 11.0 Å². The second kappa shape index (κ2) is 8.19. The van der Waals surface area contributed by atoms with Crippen LogP contribution < -0.4 is 0 Å². The molecule has 2 fully saturated rings. The minimum Gasteiger partial charge on any atom is -0.388 e. The van der Waals surface area contributed by atoms with E-state index in [0.717, 1.165) is 63.1 Å². The molecule has 152 valence electrons. The van der Waals surface area contributed by atoms with E-state index < -0.39 is 0 Å². The molecule has 4 rings (SSSR count). The van der Waals surface area contributed by atoms with E-state index in [2.05, 4.69) is 33.7 Å². The zero-order valence-electron chi connectivity index (χ0n) is 16.9. The first-order chi connectivity index (χ1) is 13.5. The van der Waals surface area contributed by atoms with Crippen LogP contribution in [0.5, 0.6) is 0 Å². The highest BCUT2D eigenvalue weighted by Crippen LogP contribution is 2.26. The smallest absolute Gasteiger partial charge is 0.253 e. The molecule has 7 heteroatoms. The van der Waals surface area contributed by atoms with E-state index in [4.69, 9.17) is 0 Å². The maximum absolute atomic E-state index is 13.0. The van der Waals surface area contributed by atoms with E-state index >= 15 is 0 Å². The van der Waals surface area contributed by atoms with Gasteiger partial charge in [-0.15, -0.1) is 0 Å². The van der Waals surface area contributed by atoms with Gasteiger partial charge in [-0.05, 0) is 50.9 Å². The molecule has 2 aliphatic rings. The lowest BCUT2D eigenvalue weighted by Gasteiger charge is -2.42. The van der Waals surface area contributed by atoms with Crippen LogP contribution in [0.2, 0.25) is 0 Å². The highest BCUT2D eigenvalue weighted by atomic mass is 16.3. The van der Waals surface area contributed by atoms with Crippen LogP contribution in [0.3, 0.4) is 0 Å². The number of imidazole rings is 1. The average Bonchev–Trinajstić information content (AvgIpc) is 3.16. The molecule has 0 radical (unpaired) electrons. The second-order valence-corrected chi connectivity index (χ2v) is 8.28. The number of carbonyl (C=O) groups excluding carboxylic acids is 1. The highest BCUT2D eigenvalue weighted by Gasteiger charge is 2.30. The number of benzene rings is 1. The third-order valence-corrected chi connectivity index (χ3v) is 6.55. The Bertz CT molecular complexity index is 819. The van der Waals surface area contributed by atoms with Gasteiger partial charge in [0, 0.05) is 50.9 Å². The van der Waals surface area contributed by atoms with E-state index in [1.165, 1.54) is 0 Å². The van der Waals surface area contributed by atoms with E-state index in [9.17, 15) is 9.90 Å². The fraction of sp³-hybridized carbons (Fsp3) is 0.619. The Morgan fingerprint density at radius 1 is 1.21 bits per heavy atom. The summed E-state index contributed by atoms with van der Waals surface area (Å²) in [5, 5.41) is 9.22. The SMILES string of the molecule is CC(C1CCN(C(=O)c2ccc3nc(CO)[nH]c3c2)CC1)N1CCN(C)CC1. The lowest BCUT2D eigenvalue weighted by molar-refractivity contribution is 0.0500. The van der Waals surface area contributed by atoms with Crippen molar-refractivity contribution in [1.82, 2.24) is 24.7 Å². The van der Waals surface area contributed by atoms with E-state index in [-0.39, 0.29) is 12.5 Å². The Morgan fingerprint density at radius 3 is 2.61 bits per heavy atom. The van der Waals surface area contributed by atoms with Gasteiger partial charge in [-0.3, -0.25) is 9.69 Å². The highest BCUT2D eigenvalue weighted by molar-refractivity contribution is 5.97.